The van der Waals surface area contributed by atoms with E-state index >= 15 is 0 Å². The second kappa shape index (κ2) is 8.66. The molecule has 3 heteroatoms. The second-order valence-electron chi connectivity index (χ2n) is 7.01. The van der Waals surface area contributed by atoms with Crippen LogP contribution in [0.4, 0.5) is 0 Å². The number of nitrogens with one attached hydrogen (secondary N) is 1. The first-order valence-corrected chi connectivity index (χ1v) is 8.67. The Balaban J connectivity index is 1.92. The predicted octanol–water partition coefficient (Wildman–Crippen LogP) is 3.69. The summed E-state index contributed by atoms with van der Waals surface area (Å²) in [6.07, 6.45) is 5.05. The molecule has 0 amide bonds. The molecule has 0 aromatic heterocycles. The third kappa shape index (κ3) is 5.71. The Morgan fingerprint density at radius 3 is 2.45 bits per heavy atom. The maximum absolute atomic E-state index is 10.6. The molecule has 22 heavy (non-hydrogen) atoms. The van der Waals surface area contributed by atoms with Gasteiger partial charge in [0.1, 0.15) is 0 Å². The number of aliphatic hydroxyl groups is 1. The van der Waals surface area contributed by atoms with Crippen molar-refractivity contribution in [3.8, 4) is 0 Å². The van der Waals surface area contributed by atoms with E-state index in [1.54, 1.807) is 0 Å². The zero-order chi connectivity index (χ0) is 15.8. The van der Waals surface area contributed by atoms with Crippen molar-refractivity contribution in [2.75, 3.05) is 19.8 Å². The van der Waals surface area contributed by atoms with Gasteiger partial charge in [-0.05, 0) is 17.9 Å². The van der Waals surface area contributed by atoms with Crippen LogP contribution >= 0.6 is 0 Å². The zero-order valence-electron chi connectivity index (χ0n) is 14.1. The summed E-state index contributed by atoms with van der Waals surface area (Å²) in [5.74, 6) is 0.746. The first-order chi connectivity index (χ1) is 10.6. The second-order valence-corrected chi connectivity index (χ2v) is 7.01. The molecule has 1 aromatic carbocycles. The van der Waals surface area contributed by atoms with Crippen LogP contribution in [0, 0.1) is 5.92 Å². The van der Waals surface area contributed by atoms with E-state index < -0.39 is 5.60 Å². The van der Waals surface area contributed by atoms with Crippen molar-refractivity contribution < 1.29 is 9.84 Å². The summed E-state index contributed by atoms with van der Waals surface area (Å²) >= 11 is 0. The van der Waals surface area contributed by atoms with Crippen LogP contribution in [0.25, 0.3) is 0 Å². The molecule has 1 unspecified atom stereocenters. The van der Waals surface area contributed by atoms with E-state index in [0.29, 0.717) is 25.8 Å². The summed E-state index contributed by atoms with van der Waals surface area (Å²) in [6, 6.07) is 10.9. The minimum absolute atomic E-state index is 0.326. The highest BCUT2D eigenvalue weighted by molar-refractivity contribution is 5.19. The maximum atomic E-state index is 10.6. The fourth-order valence-electron chi connectivity index (χ4n) is 3.04. The van der Waals surface area contributed by atoms with Gasteiger partial charge in [0.25, 0.3) is 0 Å². The molecule has 1 heterocycles. The Kier molecular flexibility index (Phi) is 6.87. The van der Waals surface area contributed by atoms with Crippen LogP contribution < -0.4 is 5.32 Å². The van der Waals surface area contributed by atoms with Gasteiger partial charge in [-0.15, -0.1) is 0 Å². The third-order valence-electron chi connectivity index (χ3n) is 4.58. The molecule has 0 saturated carbocycles. The fourth-order valence-corrected chi connectivity index (χ4v) is 3.04. The van der Waals surface area contributed by atoms with Crippen LogP contribution in [0.5, 0.6) is 0 Å². The Morgan fingerprint density at radius 1 is 1.14 bits per heavy atom. The molecule has 0 aliphatic carbocycles. The molecule has 1 aliphatic heterocycles. The summed E-state index contributed by atoms with van der Waals surface area (Å²) in [4.78, 5) is 0. The minimum Gasteiger partial charge on any atom is -0.388 e. The van der Waals surface area contributed by atoms with E-state index in [0.717, 1.165) is 25.2 Å². The van der Waals surface area contributed by atoms with Crippen LogP contribution in [-0.2, 0) is 4.74 Å². The molecular formula is C19H31NO2. The van der Waals surface area contributed by atoms with Gasteiger partial charge in [-0.2, -0.15) is 0 Å². The summed E-state index contributed by atoms with van der Waals surface area (Å²) < 4.78 is 5.36. The molecule has 0 bridgehead atoms. The predicted molar refractivity (Wildman–Crippen MR) is 90.9 cm³/mol. The van der Waals surface area contributed by atoms with Crippen molar-refractivity contribution in [1.82, 2.24) is 5.32 Å². The molecule has 2 N–H and O–H groups in total. The largest absolute Gasteiger partial charge is 0.388 e. The molecule has 3 nitrogen and oxygen atoms in total. The monoisotopic (exact) mass is 305 g/mol. The minimum atomic E-state index is -0.608. The van der Waals surface area contributed by atoms with Crippen molar-refractivity contribution >= 4 is 0 Å². The molecular weight excluding hydrogens is 274 g/mol. The average Bonchev–Trinajstić information content (AvgIpc) is 2.52. The number of benzene rings is 1. The van der Waals surface area contributed by atoms with E-state index in [1.807, 2.05) is 0 Å². The van der Waals surface area contributed by atoms with Crippen molar-refractivity contribution in [2.24, 2.45) is 5.92 Å². The highest BCUT2D eigenvalue weighted by atomic mass is 16.5. The summed E-state index contributed by atoms with van der Waals surface area (Å²) in [7, 11) is 0. The molecule has 1 saturated heterocycles. The van der Waals surface area contributed by atoms with Gasteiger partial charge in [0.05, 0.1) is 5.60 Å². The van der Waals surface area contributed by atoms with Gasteiger partial charge in [0.15, 0.2) is 0 Å². The fraction of sp³-hybridized carbons (Fsp3) is 0.684. The van der Waals surface area contributed by atoms with Crippen molar-refractivity contribution in [3.63, 3.8) is 0 Å². The van der Waals surface area contributed by atoms with Gasteiger partial charge < -0.3 is 15.2 Å². The molecule has 124 valence electrons. The zero-order valence-corrected chi connectivity index (χ0v) is 14.1. The first kappa shape index (κ1) is 17.5. The molecule has 2 rings (SSSR count). The van der Waals surface area contributed by atoms with Crippen molar-refractivity contribution in [1.29, 1.82) is 0 Å². The Bertz CT molecular complexity index is 413. The molecule has 1 aliphatic rings. The lowest BCUT2D eigenvalue weighted by molar-refractivity contribution is -0.0629. The van der Waals surface area contributed by atoms with E-state index in [-0.39, 0.29) is 0 Å². The number of rotatable bonds is 8. The average molecular weight is 305 g/mol. The summed E-state index contributed by atoms with van der Waals surface area (Å²) in [5.41, 5.74) is 0.713. The molecule has 0 radical (unpaired) electrons. The standard InChI is InChI=1S/C19H31NO2/c1-16(2)7-6-10-18(17-8-4-3-5-9-17)20-15-19(21)11-13-22-14-12-19/h3-5,8-9,16,18,20-21H,6-7,10-15H2,1-2H3. The van der Waals surface area contributed by atoms with E-state index in [4.69, 9.17) is 4.74 Å². The number of ether oxygens (including phenoxy) is 1. The van der Waals surface area contributed by atoms with Gasteiger partial charge >= 0.3 is 0 Å². The van der Waals surface area contributed by atoms with Crippen molar-refractivity contribution in [3.05, 3.63) is 35.9 Å². The van der Waals surface area contributed by atoms with E-state index in [9.17, 15) is 5.11 Å². The Hall–Kier alpha value is -0.900. The maximum Gasteiger partial charge on any atom is 0.0815 e. The third-order valence-corrected chi connectivity index (χ3v) is 4.58. The Morgan fingerprint density at radius 2 is 1.82 bits per heavy atom. The first-order valence-electron chi connectivity index (χ1n) is 8.67. The Labute approximate surface area is 135 Å². The lowest BCUT2D eigenvalue weighted by Gasteiger charge is -2.34. The number of hydrogen-bond donors (Lipinski definition) is 2. The normalized spacial score (nSPS) is 19.3. The van der Waals surface area contributed by atoms with Gasteiger partial charge in [-0.25, -0.2) is 0 Å². The molecule has 1 atom stereocenters. The topological polar surface area (TPSA) is 41.5 Å². The molecule has 1 fully saturated rings. The quantitative estimate of drug-likeness (QED) is 0.770. The van der Waals surface area contributed by atoms with Crippen LogP contribution in [0.15, 0.2) is 30.3 Å². The summed E-state index contributed by atoms with van der Waals surface area (Å²) in [5, 5.41) is 14.3. The van der Waals surface area contributed by atoms with Crippen LogP contribution in [0.3, 0.4) is 0 Å². The van der Waals surface area contributed by atoms with Gasteiger partial charge in [-0.3, -0.25) is 0 Å². The highest BCUT2D eigenvalue weighted by Crippen LogP contribution is 2.24. The van der Waals surface area contributed by atoms with Gasteiger partial charge in [0.2, 0.25) is 0 Å². The smallest absolute Gasteiger partial charge is 0.0815 e. The number of hydrogen-bond acceptors (Lipinski definition) is 3. The van der Waals surface area contributed by atoms with Gasteiger partial charge in [0, 0.05) is 38.6 Å². The van der Waals surface area contributed by atoms with Gasteiger partial charge in [-0.1, -0.05) is 57.0 Å². The van der Waals surface area contributed by atoms with Crippen LogP contribution in [0.1, 0.15) is 57.6 Å². The van der Waals surface area contributed by atoms with E-state index in [1.165, 1.54) is 18.4 Å². The van der Waals surface area contributed by atoms with Crippen LogP contribution in [0.2, 0.25) is 0 Å². The summed E-state index contributed by atoms with van der Waals surface area (Å²) in [6.45, 7) is 6.53. The van der Waals surface area contributed by atoms with E-state index in [2.05, 4.69) is 49.5 Å². The lowest BCUT2D eigenvalue weighted by Crippen LogP contribution is -2.45. The molecule has 0 spiro atoms. The highest BCUT2D eigenvalue weighted by Gasteiger charge is 2.30. The SMILES string of the molecule is CC(C)CCCC(NCC1(O)CCOCC1)c1ccccc1. The molecule has 1 aromatic rings. The van der Waals surface area contributed by atoms with Crippen LogP contribution in [-0.4, -0.2) is 30.5 Å². The lowest BCUT2D eigenvalue weighted by atomic mass is 9.92. The van der Waals surface area contributed by atoms with Crippen molar-refractivity contribution in [2.45, 2.75) is 57.6 Å².